The summed E-state index contributed by atoms with van der Waals surface area (Å²) in [6, 6.07) is 3.89. The van der Waals surface area contributed by atoms with Gasteiger partial charge in [-0.25, -0.2) is 4.98 Å². The molecule has 1 amide bonds. The highest BCUT2D eigenvalue weighted by atomic mass is 16.6. The SMILES string of the molecule is NC(=O)C1(OC(=O)C2CCOCC2)CCC(CCN2CCN(c3nccc4occc34)CC2)CC1. The molecule has 3 aliphatic rings. The Bertz CT molecular complexity index is 1020. The van der Waals surface area contributed by atoms with Crippen LogP contribution in [0.5, 0.6) is 0 Å². The van der Waals surface area contributed by atoms with Crippen LogP contribution in [0.4, 0.5) is 5.82 Å². The Morgan fingerprint density at radius 3 is 2.54 bits per heavy atom. The number of pyridine rings is 1. The number of aromatic nitrogens is 1. The number of carbonyl (C=O) groups excluding carboxylic acids is 2. The first-order chi connectivity index (χ1) is 17.0. The molecule has 35 heavy (non-hydrogen) atoms. The lowest BCUT2D eigenvalue weighted by Crippen LogP contribution is -2.51. The number of anilines is 1. The van der Waals surface area contributed by atoms with Gasteiger partial charge in [0.2, 0.25) is 0 Å². The van der Waals surface area contributed by atoms with Crippen molar-refractivity contribution in [2.24, 2.45) is 17.6 Å². The summed E-state index contributed by atoms with van der Waals surface area (Å²) in [5, 5.41) is 1.07. The smallest absolute Gasteiger partial charge is 0.310 e. The maximum Gasteiger partial charge on any atom is 0.310 e. The number of hydrogen-bond donors (Lipinski definition) is 1. The maximum absolute atomic E-state index is 12.7. The van der Waals surface area contributed by atoms with E-state index in [1.54, 1.807) is 6.26 Å². The van der Waals surface area contributed by atoms with Crippen LogP contribution in [0.3, 0.4) is 0 Å². The minimum absolute atomic E-state index is 0.188. The number of ether oxygens (including phenoxy) is 2. The van der Waals surface area contributed by atoms with Crippen molar-refractivity contribution in [1.82, 2.24) is 9.88 Å². The van der Waals surface area contributed by atoms with Gasteiger partial charge in [0.1, 0.15) is 11.4 Å². The largest absolute Gasteiger partial charge is 0.464 e. The van der Waals surface area contributed by atoms with Crippen LogP contribution in [0.25, 0.3) is 11.0 Å². The number of piperazine rings is 1. The minimum atomic E-state index is -1.14. The quantitative estimate of drug-likeness (QED) is 0.597. The first-order valence-corrected chi connectivity index (χ1v) is 12.9. The second kappa shape index (κ2) is 10.5. The molecule has 0 unspecified atom stereocenters. The van der Waals surface area contributed by atoms with Crippen molar-refractivity contribution in [2.45, 2.75) is 50.5 Å². The Balaban J connectivity index is 1.08. The second-order valence-electron chi connectivity index (χ2n) is 10.2. The first-order valence-electron chi connectivity index (χ1n) is 12.9. The van der Waals surface area contributed by atoms with E-state index in [1.165, 1.54) is 0 Å². The van der Waals surface area contributed by atoms with Crippen LogP contribution in [0.15, 0.2) is 29.0 Å². The predicted molar refractivity (Wildman–Crippen MR) is 131 cm³/mol. The molecule has 5 rings (SSSR count). The van der Waals surface area contributed by atoms with E-state index in [0.717, 1.165) is 68.8 Å². The van der Waals surface area contributed by atoms with Crippen molar-refractivity contribution in [3.8, 4) is 0 Å². The third-order valence-electron chi connectivity index (χ3n) is 8.10. The molecular weight excluding hydrogens is 448 g/mol. The molecule has 190 valence electrons. The van der Waals surface area contributed by atoms with Crippen LogP contribution in [0, 0.1) is 11.8 Å². The molecule has 2 aliphatic heterocycles. The summed E-state index contributed by atoms with van der Waals surface area (Å²) in [5.74, 6) is 0.537. The van der Waals surface area contributed by atoms with E-state index in [0.29, 0.717) is 44.8 Å². The minimum Gasteiger partial charge on any atom is -0.464 e. The number of fused-ring (bicyclic) bond motifs is 1. The molecule has 2 saturated heterocycles. The Morgan fingerprint density at radius 1 is 1.09 bits per heavy atom. The number of amides is 1. The molecule has 0 bridgehead atoms. The highest BCUT2D eigenvalue weighted by Crippen LogP contribution is 2.37. The molecule has 0 atom stereocenters. The Kier molecular flexibility index (Phi) is 7.24. The number of nitrogens with zero attached hydrogens (tertiary/aromatic N) is 3. The Morgan fingerprint density at radius 2 is 1.83 bits per heavy atom. The third kappa shape index (κ3) is 5.30. The van der Waals surface area contributed by atoms with E-state index < -0.39 is 11.5 Å². The molecule has 2 N–H and O–H groups in total. The summed E-state index contributed by atoms with van der Waals surface area (Å²) in [6.07, 6.45) is 8.67. The number of hydrogen-bond acceptors (Lipinski definition) is 8. The fourth-order valence-electron chi connectivity index (χ4n) is 5.72. The summed E-state index contributed by atoms with van der Waals surface area (Å²) in [5.41, 5.74) is 5.48. The highest BCUT2D eigenvalue weighted by molar-refractivity contribution is 5.88. The van der Waals surface area contributed by atoms with Crippen LogP contribution >= 0.6 is 0 Å². The summed E-state index contributed by atoms with van der Waals surface area (Å²) < 4.78 is 16.7. The summed E-state index contributed by atoms with van der Waals surface area (Å²) in [4.78, 5) is 34.4. The number of carbonyl (C=O) groups is 2. The van der Waals surface area contributed by atoms with Gasteiger partial charge in [0.25, 0.3) is 5.91 Å². The molecular formula is C26H36N4O5. The molecule has 0 spiro atoms. The van der Waals surface area contributed by atoms with Crippen molar-refractivity contribution >= 4 is 28.7 Å². The van der Waals surface area contributed by atoms with Gasteiger partial charge in [-0.2, -0.15) is 0 Å². The van der Waals surface area contributed by atoms with Gasteiger partial charge in [0.15, 0.2) is 5.60 Å². The van der Waals surface area contributed by atoms with E-state index in [1.807, 2.05) is 18.3 Å². The lowest BCUT2D eigenvalue weighted by molar-refractivity contribution is -0.178. The summed E-state index contributed by atoms with van der Waals surface area (Å²) in [6.45, 7) is 6.04. The van der Waals surface area contributed by atoms with Crippen molar-refractivity contribution in [1.29, 1.82) is 0 Å². The summed E-state index contributed by atoms with van der Waals surface area (Å²) >= 11 is 0. The van der Waals surface area contributed by atoms with Gasteiger partial charge in [-0.3, -0.25) is 14.5 Å². The molecule has 0 radical (unpaired) electrons. The zero-order valence-corrected chi connectivity index (χ0v) is 20.3. The van der Waals surface area contributed by atoms with E-state index in [2.05, 4.69) is 14.8 Å². The Hall–Kier alpha value is -2.65. The zero-order valence-electron chi connectivity index (χ0n) is 20.3. The van der Waals surface area contributed by atoms with Gasteiger partial charge in [0, 0.05) is 45.6 Å². The number of nitrogens with two attached hydrogens (primary N) is 1. The van der Waals surface area contributed by atoms with E-state index in [9.17, 15) is 9.59 Å². The number of furan rings is 1. The first kappa shape index (κ1) is 24.1. The van der Waals surface area contributed by atoms with Gasteiger partial charge in [-0.05, 0) is 69.5 Å². The standard InChI is InChI=1S/C26H36N4O5/c27-25(32)26(35-24(31)20-5-16-33-17-6-20)8-1-19(2-9-26)4-11-29-12-14-30(15-13-29)23-21-7-18-34-22(21)3-10-28-23/h3,7,10,18-20H,1-2,4-6,8-9,11-17H2,(H2,27,32). The van der Waals surface area contributed by atoms with Crippen LogP contribution in [-0.2, 0) is 19.1 Å². The second-order valence-corrected chi connectivity index (χ2v) is 10.2. The van der Waals surface area contributed by atoms with Gasteiger partial charge >= 0.3 is 5.97 Å². The lowest BCUT2D eigenvalue weighted by atomic mass is 9.76. The van der Waals surface area contributed by atoms with Crippen LogP contribution in [0.2, 0.25) is 0 Å². The molecule has 0 aromatic carbocycles. The number of rotatable bonds is 7. The third-order valence-corrected chi connectivity index (χ3v) is 8.10. The fraction of sp³-hybridized carbons (Fsp3) is 0.654. The fourth-order valence-corrected chi connectivity index (χ4v) is 5.72. The summed E-state index contributed by atoms with van der Waals surface area (Å²) in [7, 11) is 0. The van der Waals surface area contributed by atoms with E-state index in [-0.39, 0.29) is 11.9 Å². The lowest BCUT2D eigenvalue weighted by Gasteiger charge is -2.39. The van der Waals surface area contributed by atoms with Gasteiger partial charge in [0.05, 0.1) is 17.6 Å². The Labute approximate surface area is 205 Å². The van der Waals surface area contributed by atoms with E-state index in [4.69, 9.17) is 19.6 Å². The monoisotopic (exact) mass is 484 g/mol. The molecule has 9 nitrogen and oxygen atoms in total. The van der Waals surface area contributed by atoms with Crippen LogP contribution in [-0.4, -0.2) is 73.3 Å². The molecule has 9 heteroatoms. The molecule has 4 heterocycles. The van der Waals surface area contributed by atoms with Gasteiger partial charge in [-0.1, -0.05) is 0 Å². The predicted octanol–water partition coefficient (Wildman–Crippen LogP) is 2.72. The maximum atomic E-state index is 12.7. The molecule has 1 aliphatic carbocycles. The average Bonchev–Trinajstić information content (AvgIpc) is 3.38. The highest BCUT2D eigenvalue weighted by Gasteiger charge is 2.45. The van der Waals surface area contributed by atoms with Crippen molar-refractivity contribution < 1.29 is 23.5 Å². The van der Waals surface area contributed by atoms with Gasteiger partial charge < -0.3 is 24.5 Å². The topological polar surface area (TPSA) is 111 Å². The number of esters is 1. The van der Waals surface area contributed by atoms with Crippen LogP contribution < -0.4 is 10.6 Å². The van der Waals surface area contributed by atoms with Crippen molar-refractivity contribution in [2.75, 3.05) is 50.8 Å². The molecule has 3 fully saturated rings. The van der Waals surface area contributed by atoms with E-state index >= 15 is 0 Å². The number of primary amides is 1. The van der Waals surface area contributed by atoms with Crippen molar-refractivity contribution in [3.63, 3.8) is 0 Å². The van der Waals surface area contributed by atoms with Gasteiger partial charge in [-0.15, -0.1) is 0 Å². The average molecular weight is 485 g/mol. The molecule has 2 aromatic rings. The van der Waals surface area contributed by atoms with Crippen LogP contribution in [0.1, 0.15) is 44.9 Å². The zero-order chi connectivity index (χ0) is 24.3. The molecule has 1 saturated carbocycles. The van der Waals surface area contributed by atoms with Crippen molar-refractivity contribution in [3.05, 3.63) is 24.6 Å². The molecule has 2 aromatic heterocycles. The normalized spacial score (nSPS) is 26.6.